The van der Waals surface area contributed by atoms with Gasteiger partial charge in [0.05, 0.1) is 20.3 Å². The molecule has 0 aromatic heterocycles. The van der Waals surface area contributed by atoms with Gasteiger partial charge in [0, 0.05) is 51.4 Å². The molecule has 3 rings (SSSR count). The van der Waals surface area contributed by atoms with Crippen molar-refractivity contribution < 1.29 is 14.3 Å². The van der Waals surface area contributed by atoms with E-state index < -0.39 is 0 Å². The molecule has 3 unspecified atom stereocenters. The van der Waals surface area contributed by atoms with E-state index in [4.69, 9.17) is 9.47 Å². The number of ether oxygens (including phenoxy) is 2. The van der Waals surface area contributed by atoms with Gasteiger partial charge in [0.25, 0.3) is 0 Å². The molecular formula is C23H37N3O3. The predicted octanol–water partition coefficient (Wildman–Crippen LogP) is 2.71. The van der Waals surface area contributed by atoms with Gasteiger partial charge in [-0.2, -0.15) is 0 Å². The van der Waals surface area contributed by atoms with E-state index in [0.29, 0.717) is 17.7 Å². The number of carbonyl (C=O) groups excluding carboxylic acids is 1. The molecule has 2 saturated heterocycles. The first-order valence-electron chi connectivity index (χ1n) is 10.9. The molecule has 0 aliphatic carbocycles. The number of hydrogen-bond donors (Lipinski definition) is 0. The first-order chi connectivity index (χ1) is 13.9. The average molecular weight is 404 g/mol. The van der Waals surface area contributed by atoms with Gasteiger partial charge in [0.2, 0.25) is 5.91 Å². The third kappa shape index (κ3) is 5.43. The first kappa shape index (κ1) is 21.9. The van der Waals surface area contributed by atoms with Crippen LogP contribution in [0.15, 0.2) is 18.2 Å². The van der Waals surface area contributed by atoms with Crippen LogP contribution in [0.4, 0.5) is 0 Å². The van der Waals surface area contributed by atoms with E-state index in [1.165, 1.54) is 6.42 Å². The summed E-state index contributed by atoms with van der Waals surface area (Å²) in [7, 11) is 3.39. The van der Waals surface area contributed by atoms with Gasteiger partial charge < -0.3 is 14.4 Å². The molecule has 0 bridgehead atoms. The van der Waals surface area contributed by atoms with Crippen LogP contribution in [0, 0.1) is 11.8 Å². The van der Waals surface area contributed by atoms with E-state index in [2.05, 4.69) is 41.5 Å². The van der Waals surface area contributed by atoms with E-state index in [1.54, 1.807) is 14.2 Å². The summed E-state index contributed by atoms with van der Waals surface area (Å²) in [4.78, 5) is 19.9. The molecule has 0 saturated carbocycles. The number of nitrogens with zero attached hydrogens (tertiary/aromatic N) is 3. The average Bonchev–Trinajstić information content (AvgIpc) is 2.72. The summed E-state index contributed by atoms with van der Waals surface area (Å²) in [6, 6.07) is 5.90. The Labute approximate surface area is 175 Å². The number of benzene rings is 1. The lowest BCUT2D eigenvalue weighted by molar-refractivity contribution is -0.139. The van der Waals surface area contributed by atoms with Crippen molar-refractivity contribution in [2.24, 2.45) is 11.8 Å². The van der Waals surface area contributed by atoms with E-state index >= 15 is 0 Å². The van der Waals surface area contributed by atoms with Crippen molar-refractivity contribution in [2.75, 3.05) is 53.5 Å². The Balaban J connectivity index is 1.54. The second kappa shape index (κ2) is 9.81. The number of rotatable bonds is 6. The Bertz CT molecular complexity index is 678. The minimum Gasteiger partial charge on any atom is -0.497 e. The molecule has 162 valence electrons. The smallest absolute Gasteiger partial charge is 0.239 e. The molecule has 3 atom stereocenters. The summed E-state index contributed by atoms with van der Waals surface area (Å²) in [6.07, 6.45) is 1.23. The minimum atomic E-state index is -0.0407. The SMILES string of the molecule is COc1ccc(OC)c(CN2CCN(C(C)C(=O)N3CC(C)CC(C)C3)CC2)c1. The summed E-state index contributed by atoms with van der Waals surface area (Å²) < 4.78 is 10.9. The molecule has 0 N–H and O–H groups in total. The fourth-order valence-electron chi connectivity index (χ4n) is 4.82. The summed E-state index contributed by atoms with van der Waals surface area (Å²) in [5.41, 5.74) is 1.14. The third-order valence-corrected chi connectivity index (χ3v) is 6.37. The zero-order valence-corrected chi connectivity index (χ0v) is 18.7. The summed E-state index contributed by atoms with van der Waals surface area (Å²) >= 11 is 0. The number of hydrogen-bond acceptors (Lipinski definition) is 5. The Morgan fingerprint density at radius 2 is 1.72 bits per heavy atom. The van der Waals surface area contributed by atoms with Crippen molar-refractivity contribution >= 4 is 5.91 Å². The number of amides is 1. The number of carbonyl (C=O) groups is 1. The predicted molar refractivity (Wildman–Crippen MR) is 115 cm³/mol. The van der Waals surface area contributed by atoms with Crippen LogP contribution in [-0.4, -0.2) is 80.1 Å². The highest BCUT2D eigenvalue weighted by Crippen LogP contribution is 2.26. The molecule has 2 fully saturated rings. The molecular weight excluding hydrogens is 366 g/mol. The van der Waals surface area contributed by atoms with Crippen molar-refractivity contribution in [1.29, 1.82) is 0 Å². The Kier molecular flexibility index (Phi) is 7.41. The maximum absolute atomic E-state index is 13.1. The van der Waals surface area contributed by atoms with Gasteiger partial charge in [-0.05, 0) is 43.4 Å². The van der Waals surface area contributed by atoms with Crippen LogP contribution in [0.25, 0.3) is 0 Å². The molecule has 2 aliphatic rings. The number of piperidine rings is 1. The molecule has 1 aromatic carbocycles. The van der Waals surface area contributed by atoms with Gasteiger partial charge in [0.15, 0.2) is 0 Å². The molecule has 29 heavy (non-hydrogen) atoms. The lowest BCUT2D eigenvalue weighted by atomic mass is 9.91. The van der Waals surface area contributed by atoms with Crippen LogP contribution in [0.5, 0.6) is 11.5 Å². The molecule has 6 nitrogen and oxygen atoms in total. The largest absolute Gasteiger partial charge is 0.497 e. The molecule has 2 aliphatic heterocycles. The van der Waals surface area contributed by atoms with Crippen LogP contribution in [0.2, 0.25) is 0 Å². The highest BCUT2D eigenvalue weighted by Gasteiger charge is 2.32. The van der Waals surface area contributed by atoms with E-state index in [-0.39, 0.29) is 6.04 Å². The van der Waals surface area contributed by atoms with Crippen molar-refractivity contribution in [2.45, 2.75) is 39.8 Å². The lowest BCUT2D eigenvalue weighted by Gasteiger charge is -2.41. The van der Waals surface area contributed by atoms with Crippen LogP contribution < -0.4 is 9.47 Å². The lowest BCUT2D eigenvalue weighted by Crippen LogP contribution is -2.56. The van der Waals surface area contributed by atoms with Crippen molar-refractivity contribution in [3.63, 3.8) is 0 Å². The zero-order chi connectivity index (χ0) is 21.0. The highest BCUT2D eigenvalue weighted by molar-refractivity contribution is 5.81. The van der Waals surface area contributed by atoms with Gasteiger partial charge >= 0.3 is 0 Å². The highest BCUT2D eigenvalue weighted by atomic mass is 16.5. The number of likely N-dealkylation sites (tertiary alicyclic amines) is 1. The summed E-state index contributed by atoms with van der Waals surface area (Å²) in [5, 5.41) is 0. The standard InChI is InChI=1S/C23H37N3O3/c1-17-12-18(2)15-26(14-17)23(27)19(3)25-10-8-24(9-11-25)16-20-13-21(28-4)6-7-22(20)29-5/h6-7,13,17-19H,8-12,14-16H2,1-5H3. The topological polar surface area (TPSA) is 45.3 Å². The van der Waals surface area contributed by atoms with Gasteiger partial charge in [-0.1, -0.05) is 13.8 Å². The quantitative estimate of drug-likeness (QED) is 0.731. The number of piperazine rings is 1. The van der Waals surface area contributed by atoms with Crippen LogP contribution >= 0.6 is 0 Å². The maximum Gasteiger partial charge on any atom is 0.239 e. The first-order valence-corrected chi connectivity index (χ1v) is 10.9. The maximum atomic E-state index is 13.1. The molecule has 6 heteroatoms. The Hall–Kier alpha value is -1.79. The van der Waals surface area contributed by atoms with Crippen LogP contribution in [0.1, 0.15) is 32.8 Å². The third-order valence-electron chi connectivity index (χ3n) is 6.37. The van der Waals surface area contributed by atoms with Gasteiger partial charge in [-0.15, -0.1) is 0 Å². The normalized spacial score (nSPS) is 24.9. The fourth-order valence-corrected chi connectivity index (χ4v) is 4.82. The molecule has 0 spiro atoms. The molecule has 1 amide bonds. The molecule has 2 heterocycles. The van der Waals surface area contributed by atoms with Crippen molar-refractivity contribution in [1.82, 2.24) is 14.7 Å². The minimum absolute atomic E-state index is 0.0407. The van der Waals surface area contributed by atoms with Gasteiger partial charge in [-0.25, -0.2) is 0 Å². The van der Waals surface area contributed by atoms with Crippen molar-refractivity contribution in [3.8, 4) is 11.5 Å². The molecule has 1 aromatic rings. The Morgan fingerprint density at radius 1 is 1.07 bits per heavy atom. The second-order valence-electron chi connectivity index (χ2n) is 8.86. The molecule has 0 radical (unpaired) electrons. The van der Waals surface area contributed by atoms with Crippen LogP contribution in [0.3, 0.4) is 0 Å². The summed E-state index contributed by atoms with van der Waals surface area (Å²) in [6.45, 7) is 13.0. The zero-order valence-electron chi connectivity index (χ0n) is 18.7. The van der Waals surface area contributed by atoms with Crippen molar-refractivity contribution in [3.05, 3.63) is 23.8 Å². The second-order valence-corrected chi connectivity index (χ2v) is 8.86. The Morgan fingerprint density at radius 3 is 2.31 bits per heavy atom. The monoisotopic (exact) mass is 403 g/mol. The summed E-state index contributed by atoms with van der Waals surface area (Å²) in [5.74, 6) is 3.24. The fraction of sp³-hybridized carbons (Fsp3) is 0.696. The van der Waals surface area contributed by atoms with Crippen LogP contribution in [-0.2, 0) is 11.3 Å². The van der Waals surface area contributed by atoms with E-state index in [1.807, 2.05) is 12.1 Å². The van der Waals surface area contributed by atoms with Gasteiger partial charge in [0.1, 0.15) is 11.5 Å². The van der Waals surface area contributed by atoms with Gasteiger partial charge in [-0.3, -0.25) is 14.6 Å². The van der Waals surface area contributed by atoms with E-state index in [0.717, 1.165) is 62.9 Å². The number of methoxy groups -OCH3 is 2. The van der Waals surface area contributed by atoms with E-state index in [9.17, 15) is 4.79 Å².